The summed E-state index contributed by atoms with van der Waals surface area (Å²) >= 11 is 0. The van der Waals surface area contributed by atoms with Crippen molar-refractivity contribution in [1.82, 2.24) is 19.5 Å². The topological polar surface area (TPSA) is 87.5 Å². The first-order valence-electron chi connectivity index (χ1n) is 6.79. The number of aryl methyl sites for hydroxylation is 1. The van der Waals surface area contributed by atoms with Gasteiger partial charge in [0.2, 0.25) is 0 Å². The quantitative estimate of drug-likeness (QED) is 0.619. The molecule has 0 aliphatic heterocycles. The highest BCUT2D eigenvalue weighted by molar-refractivity contribution is 7.87. The molecule has 0 spiro atoms. The van der Waals surface area contributed by atoms with E-state index in [4.69, 9.17) is 4.52 Å². The van der Waals surface area contributed by atoms with Crippen LogP contribution in [-0.2, 0) is 16.8 Å². The Morgan fingerprint density at radius 2 is 2.15 bits per heavy atom. The summed E-state index contributed by atoms with van der Waals surface area (Å²) in [6.07, 6.45) is 1.85. The van der Waals surface area contributed by atoms with Gasteiger partial charge in [-0.25, -0.2) is 0 Å². The average Bonchev–Trinajstić information content (AvgIpc) is 2.82. The predicted octanol–water partition coefficient (Wildman–Crippen LogP) is 0.639. The summed E-state index contributed by atoms with van der Waals surface area (Å²) in [5.41, 5.74) is 0.573. The Bertz CT molecular complexity index is 487. The zero-order chi connectivity index (χ0) is 15.0. The van der Waals surface area contributed by atoms with Crippen molar-refractivity contribution in [3.63, 3.8) is 0 Å². The van der Waals surface area contributed by atoms with Crippen molar-refractivity contribution < 1.29 is 12.9 Å². The van der Waals surface area contributed by atoms with Crippen molar-refractivity contribution in [1.29, 1.82) is 0 Å². The van der Waals surface area contributed by atoms with Gasteiger partial charge in [0, 0.05) is 19.7 Å². The van der Waals surface area contributed by atoms with Crippen LogP contribution in [0.3, 0.4) is 0 Å². The molecule has 0 atom stereocenters. The molecule has 0 saturated heterocycles. The van der Waals surface area contributed by atoms with Gasteiger partial charge >= 0.3 is 0 Å². The van der Waals surface area contributed by atoms with E-state index >= 15 is 0 Å². The first kappa shape index (κ1) is 17.1. The first-order chi connectivity index (χ1) is 9.45. The highest BCUT2D eigenvalue weighted by Crippen LogP contribution is 2.03. The van der Waals surface area contributed by atoms with E-state index in [-0.39, 0.29) is 6.54 Å². The minimum Gasteiger partial charge on any atom is -0.361 e. The average molecular weight is 304 g/mol. The zero-order valence-electron chi connectivity index (χ0n) is 12.3. The number of nitrogens with one attached hydrogen (secondary N) is 2. The van der Waals surface area contributed by atoms with Crippen LogP contribution in [0.1, 0.15) is 31.2 Å². The minimum absolute atomic E-state index is 0.137. The molecule has 1 rings (SSSR count). The molecule has 0 aromatic carbocycles. The summed E-state index contributed by atoms with van der Waals surface area (Å²) in [5.74, 6) is 0.662. The molecule has 116 valence electrons. The maximum atomic E-state index is 12.0. The van der Waals surface area contributed by atoms with Crippen molar-refractivity contribution in [2.45, 2.75) is 33.2 Å². The maximum absolute atomic E-state index is 12.0. The minimum atomic E-state index is -3.47. The number of hydrogen-bond acceptors (Lipinski definition) is 5. The molecule has 0 bridgehead atoms. The molecular formula is C12H24N4O3S. The molecule has 20 heavy (non-hydrogen) atoms. The molecule has 0 aliphatic rings. The van der Waals surface area contributed by atoms with Crippen LogP contribution in [0.15, 0.2) is 10.6 Å². The van der Waals surface area contributed by atoms with E-state index in [2.05, 4.69) is 22.1 Å². The van der Waals surface area contributed by atoms with Crippen molar-refractivity contribution in [2.24, 2.45) is 0 Å². The number of aromatic nitrogens is 1. The molecule has 0 saturated carbocycles. The van der Waals surface area contributed by atoms with Crippen LogP contribution < -0.4 is 10.0 Å². The molecule has 0 radical (unpaired) electrons. The third-order valence-electron chi connectivity index (χ3n) is 2.78. The Kier molecular flexibility index (Phi) is 7.14. The second-order valence-electron chi connectivity index (χ2n) is 4.68. The van der Waals surface area contributed by atoms with Gasteiger partial charge in [0.1, 0.15) is 5.76 Å². The van der Waals surface area contributed by atoms with E-state index in [1.807, 2.05) is 0 Å². The summed E-state index contributed by atoms with van der Waals surface area (Å²) in [6, 6.07) is 1.71. The van der Waals surface area contributed by atoms with Gasteiger partial charge in [0.05, 0.1) is 12.2 Å². The highest BCUT2D eigenvalue weighted by atomic mass is 32.2. The Morgan fingerprint density at radius 1 is 1.40 bits per heavy atom. The third-order valence-corrected chi connectivity index (χ3v) is 4.29. The van der Waals surface area contributed by atoms with Crippen LogP contribution in [0.4, 0.5) is 0 Å². The summed E-state index contributed by atoms with van der Waals surface area (Å²) < 4.78 is 32.6. The molecule has 0 aliphatic carbocycles. The predicted molar refractivity (Wildman–Crippen MR) is 77.4 cm³/mol. The van der Waals surface area contributed by atoms with E-state index in [1.165, 1.54) is 4.31 Å². The summed E-state index contributed by atoms with van der Waals surface area (Å²) in [4.78, 5) is 0. The zero-order valence-corrected chi connectivity index (χ0v) is 13.2. The summed E-state index contributed by atoms with van der Waals surface area (Å²) in [7, 11) is -1.90. The SMILES string of the molecule is CCCNCCCN(C)S(=O)(=O)NCc1cc(C)on1. The molecule has 0 fully saturated rings. The van der Waals surface area contributed by atoms with Gasteiger partial charge in [-0.1, -0.05) is 12.1 Å². The van der Waals surface area contributed by atoms with Crippen LogP contribution in [0.25, 0.3) is 0 Å². The molecule has 1 aromatic rings. The van der Waals surface area contributed by atoms with Crippen molar-refractivity contribution in [2.75, 3.05) is 26.7 Å². The van der Waals surface area contributed by atoms with Gasteiger partial charge in [-0.2, -0.15) is 17.4 Å². The molecule has 0 unspecified atom stereocenters. The van der Waals surface area contributed by atoms with Crippen LogP contribution in [0.5, 0.6) is 0 Å². The van der Waals surface area contributed by atoms with Gasteiger partial charge < -0.3 is 9.84 Å². The Balaban J connectivity index is 2.31. The van der Waals surface area contributed by atoms with Crippen molar-refractivity contribution in [3.05, 3.63) is 17.5 Å². The van der Waals surface area contributed by atoms with E-state index in [0.29, 0.717) is 18.0 Å². The molecule has 7 nitrogen and oxygen atoms in total. The number of hydrogen-bond donors (Lipinski definition) is 2. The van der Waals surface area contributed by atoms with Crippen molar-refractivity contribution >= 4 is 10.2 Å². The summed E-state index contributed by atoms with van der Waals surface area (Å²) in [5, 5.41) is 6.98. The molecule has 0 amide bonds. The van der Waals surface area contributed by atoms with Gasteiger partial charge in [0.25, 0.3) is 10.2 Å². The van der Waals surface area contributed by atoms with Crippen LogP contribution >= 0.6 is 0 Å². The maximum Gasteiger partial charge on any atom is 0.279 e. The Morgan fingerprint density at radius 3 is 2.75 bits per heavy atom. The molecular weight excluding hydrogens is 280 g/mol. The lowest BCUT2D eigenvalue weighted by Gasteiger charge is -2.17. The fraction of sp³-hybridized carbons (Fsp3) is 0.750. The fourth-order valence-corrected chi connectivity index (χ4v) is 2.55. The highest BCUT2D eigenvalue weighted by Gasteiger charge is 2.17. The smallest absolute Gasteiger partial charge is 0.279 e. The van der Waals surface area contributed by atoms with Gasteiger partial charge in [-0.3, -0.25) is 0 Å². The Hall–Kier alpha value is -0.960. The molecule has 1 aromatic heterocycles. The van der Waals surface area contributed by atoms with Crippen molar-refractivity contribution in [3.8, 4) is 0 Å². The van der Waals surface area contributed by atoms with Gasteiger partial charge in [0.15, 0.2) is 0 Å². The third kappa shape index (κ3) is 6.00. The lowest BCUT2D eigenvalue weighted by molar-refractivity contribution is 0.389. The second-order valence-corrected chi connectivity index (χ2v) is 6.54. The largest absolute Gasteiger partial charge is 0.361 e. The van der Waals surface area contributed by atoms with Crippen LogP contribution in [-0.4, -0.2) is 44.6 Å². The van der Waals surface area contributed by atoms with E-state index in [1.54, 1.807) is 20.0 Å². The van der Waals surface area contributed by atoms with Gasteiger partial charge in [-0.15, -0.1) is 0 Å². The van der Waals surface area contributed by atoms with E-state index < -0.39 is 10.2 Å². The normalized spacial score (nSPS) is 12.2. The first-order valence-corrected chi connectivity index (χ1v) is 8.23. The number of rotatable bonds is 10. The monoisotopic (exact) mass is 304 g/mol. The lowest BCUT2D eigenvalue weighted by atomic mass is 10.4. The van der Waals surface area contributed by atoms with E-state index in [9.17, 15) is 8.42 Å². The summed E-state index contributed by atoms with van der Waals surface area (Å²) in [6.45, 7) is 6.25. The second kappa shape index (κ2) is 8.35. The van der Waals surface area contributed by atoms with Gasteiger partial charge in [-0.05, 0) is 32.9 Å². The van der Waals surface area contributed by atoms with Crippen LogP contribution in [0.2, 0.25) is 0 Å². The molecule has 8 heteroatoms. The number of nitrogens with zero attached hydrogens (tertiary/aromatic N) is 2. The van der Waals surface area contributed by atoms with Crippen LogP contribution in [0, 0.1) is 6.92 Å². The molecule has 2 N–H and O–H groups in total. The molecule has 1 heterocycles. The van der Waals surface area contributed by atoms with E-state index in [0.717, 1.165) is 25.9 Å². The Labute approximate surface area is 120 Å². The fourth-order valence-electron chi connectivity index (χ4n) is 1.63. The standard InChI is InChI=1S/C12H24N4O3S/c1-4-6-13-7-5-8-16(3)20(17,18)14-10-12-9-11(2)19-15-12/h9,13-14H,4-8,10H2,1-3H3. The lowest BCUT2D eigenvalue weighted by Crippen LogP contribution is -2.39.